The summed E-state index contributed by atoms with van der Waals surface area (Å²) in [6, 6.07) is 9.48. The van der Waals surface area contributed by atoms with E-state index in [9.17, 15) is 4.79 Å². The minimum Gasteiger partial charge on any atom is -0.477 e. The Morgan fingerprint density at radius 3 is 3.16 bits per heavy atom. The maximum Gasteiger partial charge on any atom is 0.263 e. The van der Waals surface area contributed by atoms with Crippen LogP contribution in [0.15, 0.2) is 41.9 Å². The third-order valence-electron chi connectivity index (χ3n) is 5.15. The molecule has 0 radical (unpaired) electrons. The summed E-state index contributed by atoms with van der Waals surface area (Å²) in [7, 11) is 0. The van der Waals surface area contributed by atoms with Crippen molar-refractivity contribution in [3.63, 3.8) is 0 Å². The second kappa shape index (κ2) is 7.14. The van der Waals surface area contributed by atoms with E-state index in [1.165, 1.54) is 11.3 Å². The van der Waals surface area contributed by atoms with Crippen molar-refractivity contribution < 1.29 is 14.3 Å². The van der Waals surface area contributed by atoms with Crippen LogP contribution in [0.5, 0.6) is 5.88 Å². The molecule has 2 atom stereocenters. The number of hydrogen-bond donors (Lipinski definition) is 0. The van der Waals surface area contributed by atoms with Gasteiger partial charge in [0.1, 0.15) is 0 Å². The Kier molecular flexibility index (Phi) is 4.72. The first kappa shape index (κ1) is 16.5. The molecule has 2 aliphatic heterocycles. The molecule has 0 saturated carbocycles. The molecule has 0 aliphatic carbocycles. The van der Waals surface area contributed by atoms with Gasteiger partial charge >= 0.3 is 0 Å². The lowest BCUT2D eigenvalue weighted by atomic mass is 9.73. The Hall–Kier alpha value is -1.92. The van der Waals surface area contributed by atoms with Crippen LogP contribution in [0.4, 0.5) is 0 Å². The van der Waals surface area contributed by atoms with Gasteiger partial charge in [0.15, 0.2) is 0 Å². The van der Waals surface area contributed by atoms with Gasteiger partial charge in [0.25, 0.3) is 5.91 Å². The molecule has 4 rings (SSSR count). The van der Waals surface area contributed by atoms with E-state index in [0.29, 0.717) is 19.0 Å². The highest BCUT2D eigenvalue weighted by atomic mass is 32.1. The highest BCUT2D eigenvalue weighted by Crippen LogP contribution is 2.41. The zero-order chi connectivity index (χ0) is 17.1. The van der Waals surface area contributed by atoms with Gasteiger partial charge in [-0.2, -0.15) is 0 Å². The SMILES string of the molecule is O=C(c1cccs1)N1CC[C@@H]2OCCC[C@]2(COc2ccccn2)C1. The lowest BCUT2D eigenvalue weighted by Gasteiger charge is -2.50. The molecule has 2 aromatic heterocycles. The monoisotopic (exact) mass is 358 g/mol. The molecule has 0 N–H and O–H groups in total. The number of fused-ring (bicyclic) bond motifs is 1. The van der Waals surface area contributed by atoms with Crippen molar-refractivity contribution in [2.24, 2.45) is 5.41 Å². The molecule has 2 aromatic rings. The number of carbonyl (C=O) groups is 1. The van der Waals surface area contributed by atoms with Gasteiger partial charge in [0.05, 0.1) is 17.6 Å². The Balaban J connectivity index is 1.51. The number of piperidine rings is 1. The molecule has 132 valence electrons. The number of rotatable bonds is 4. The van der Waals surface area contributed by atoms with Crippen molar-refractivity contribution in [3.05, 3.63) is 46.8 Å². The van der Waals surface area contributed by atoms with E-state index < -0.39 is 0 Å². The molecule has 6 heteroatoms. The molecule has 0 spiro atoms. The predicted molar refractivity (Wildman–Crippen MR) is 96.0 cm³/mol. The van der Waals surface area contributed by atoms with E-state index in [-0.39, 0.29) is 17.4 Å². The molecule has 5 nitrogen and oxygen atoms in total. The number of carbonyl (C=O) groups excluding carboxylic acids is 1. The normalized spacial score (nSPS) is 26.1. The summed E-state index contributed by atoms with van der Waals surface area (Å²) < 4.78 is 12.1. The van der Waals surface area contributed by atoms with Gasteiger partial charge in [-0.25, -0.2) is 4.98 Å². The van der Waals surface area contributed by atoms with Gasteiger partial charge in [0, 0.05) is 37.4 Å². The molecular weight excluding hydrogens is 336 g/mol. The second-order valence-electron chi connectivity index (χ2n) is 6.77. The predicted octanol–water partition coefficient (Wildman–Crippen LogP) is 3.23. The van der Waals surface area contributed by atoms with Crippen LogP contribution in [0.1, 0.15) is 28.9 Å². The van der Waals surface area contributed by atoms with Crippen LogP contribution in [0.3, 0.4) is 0 Å². The van der Waals surface area contributed by atoms with Crippen molar-refractivity contribution in [2.75, 3.05) is 26.3 Å². The first-order valence-electron chi connectivity index (χ1n) is 8.75. The largest absolute Gasteiger partial charge is 0.477 e. The molecule has 0 unspecified atom stereocenters. The van der Waals surface area contributed by atoms with Gasteiger partial charge in [-0.3, -0.25) is 4.79 Å². The summed E-state index contributed by atoms with van der Waals surface area (Å²) >= 11 is 1.50. The lowest BCUT2D eigenvalue weighted by molar-refractivity contribution is -0.133. The van der Waals surface area contributed by atoms with Crippen molar-refractivity contribution in [3.8, 4) is 5.88 Å². The van der Waals surface area contributed by atoms with Gasteiger partial charge < -0.3 is 14.4 Å². The average molecular weight is 358 g/mol. The summed E-state index contributed by atoms with van der Waals surface area (Å²) in [5, 5.41) is 1.95. The summed E-state index contributed by atoms with van der Waals surface area (Å²) in [6.45, 7) is 2.76. The topological polar surface area (TPSA) is 51.7 Å². The standard InChI is InChI=1S/C19H22N2O3S/c22-18(15-5-3-12-25-15)21-10-7-16-19(13-21,8-4-11-23-16)14-24-17-6-1-2-9-20-17/h1-3,5-6,9,12,16H,4,7-8,10-11,13-14H2/t16-,19+/m0/s1. The van der Waals surface area contributed by atoms with Crippen LogP contribution in [0.2, 0.25) is 0 Å². The molecule has 0 bridgehead atoms. The van der Waals surface area contributed by atoms with Crippen LogP contribution in [-0.2, 0) is 4.74 Å². The quantitative estimate of drug-likeness (QED) is 0.842. The molecule has 2 saturated heterocycles. The number of aromatic nitrogens is 1. The van der Waals surface area contributed by atoms with Crippen molar-refractivity contribution in [1.29, 1.82) is 0 Å². The third-order valence-corrected chi connectivity index (χ3v) is 6.01. The second-order valence-corrected chi connectivity index (χ2v) is 7.72. The van der Waals surface area contributed by atoms with Crippen LogP contribution < -0.4 is 4.74 Å². The fraction of sp³-hybridized carbons (Fsp3) is 0.474. The minimum absolute atomic E-state index is 0.122. The van der Waals surface area contributed by atoms with E-state index in [4.69, 9.17) is 9.47 Å². The fourth-order valence-electron chi connectivity index (χ4n) is 3.88. The summed E-state index contributed by atoms with van der Waals surface area (Å²) in [5.74, 6) is 0.749. The maximum absolute atomic E-state index is 12.8. The number of ether oxygens (including phenoxy) is 2. The van der Waals surface area contributed by atoms with Crippen LogP contribution in [0.25, 0.3) is 0 Å². The number of pyridine rings is 1. The van der Waals surface area contributed by atoms with Gasteiger partial charge in [0.2, 0.25) is 5.88 Å². The Labute approximate surface area is 151 Å². The van der Waals surface area contributed by atoms with E-state index in [1.54, 1.807) is 6.20 Å². The first-order valence-corrected chi connectivity index (χ1v) is 9.63. The molecule has 2 aliphatic rings. The van der Waals surface area contributed by atoms with Crippen molar-refractivity contribution in [1.82, 2.24) is 9.88 Å². The Bertz CT molecular complexity index is 707. The van der Waals surface area contributed by atoms with Gasteiger partial charge in [-0.1, -0.05) is 12.1 Å². The van der Waals surface area contributed by atoms with Crippen molar-refractivity contribution in [2.45, 2.75) is 25.4 Å². The number of nitrogens with zero attached hydrogens (tertiary/aromatic N) is 2. The molecular formula is C19H22N2O3S. The van der Waals surface area contributed by atoms with E-state index in [2.05, 4.69) is 4.98 Å². The lowest BCUT2D eigenvalue weighted by Crippen LogP contribution is -2.58. The highest BCUT2D eigenvalue weighted by molar-refractivity contribution is 7.12. The van der Waals surface area contributed by atoms with E-state index >= 15 is 0 Å². The smallest absolute Gasteiger partial charge is 0.263 e. The summed E-state index contributed by atoms with van der Waals surface area (Å²) in [6.07, 6.45) is 4.76. The zero-order valence-corrected chi connectivity index (χ0v) is 14.9. The number of likely N-dealkylation sites (tertiary alicyclic amines) is 1. The van der Waals surface area contributed by atoms with E-state index in [1.807, 2.05) is 40.6 Å². The highest BCUT2D eigenvalue weighted by Gasteiger charge is 2.48. The maximum atomic E-state index is 12.8. The molecule has 0 aromatic carbocycles. The summed E-state index contributed by atoms with van der Waals surface area (Å²) in [4.78, 5) is 19.8. The number of hydrogen-bond acceptors (Lipinski definition) is 5. The fourth-order valence-corrected chi connectivity index (χ4v) is 4.57. The van der Waals surface area contributed by atoms with Crippen LogP contribution in [-0.4, -0.2) is 48.2 Å². The van der Waals surface area contributed by atoms with Crippen molar-refractivity contribution >= 4 is 17.2 Å². The summed E-state index contributed by atoms with van der Waals surface area (Å²) in [5.41, 5.74) is -0.152. The third kappa shape index (κ3) is 3.41. The van der Waals surface area contributed by atoms with Crippen LogP contribution in [0, 0.1) is 5.41 Å². The molecule has 25 heavy (non-hydrogen) atoms. The van der Waals surface area contributed by atoms with Crippen LogP contribution >= 0.6 is 11.3 Å². The van der Waals surface area contributed by atoms with Gasteiger partial charge in [-0.05, 0) is 36.8 Å². The first-order chi connectivity index (χ1) is 12.3. The Morgan fingerprint density at radius 1 is 1.40 bits per heavy atom. The molecule has 1 amide bonds. The van der Waals surface area contributed by atoms with E-state index in [0.717, 1.165) is 37.3 Å². The Morgan fingerprint density at radius 2 is 2.36 bits per heavy atom. The van der Waals surface area contributed by atoms with Gasteiger partial charge in [-0.15, -0.1) is 11.3 Å². The number of amides is 1. The molecule has 2 fully saturated rings. The zero-order valence-electron chi connectivity index (χ0n) is 14.1. The average Bonchev–Trinajstić information content (AvgIpc) is 3.21. The number of thiophene rings is 1. The molecule has 4 heterocycles. The minimum atomic E-state index is -0.152.